The lowest BCUT2D eigenvalue weighted by molar-refractivity contribution is 0.314. The van der Waals surface area contributed by atoms with Crippen molar-refractivity contribution in [2.24, 2.45) is 11.1 Å². The first kappa shape index (κ1) is 11.5. The minimum absolute atomic E-state index is 0.00855. The molecule has 2 N–H and O–H groups in total. The lowest BCUT2D eigenvalue weighted by Gasteiger charge is -2.26. The smallest absolute Gasteiger partial charge is 0.146 e. The Morgan fingerprint density at radius 2 is 1.94 bits per heavy atom. The van der Waals surface area contributed by atoms with Crippen molar-refractivity contribution in [1.29, 1.82) is 0 Å². The molecule has 88 valence electrons. The summed E-state index contributed by atoms with van der Waals surface area (Å²) in [5.41, 5.74) is 8.43. The Balaban J connectivity index is 2.33. The Hall–Kier alpha value is -0.960. The molecule has 0 saturated heterocycles. The van der Waals surface area contributed by atoms with E-state index < -0.39 is 0 Å². The van der Waals surface area contributed by atoms with E-state index in [1.165, 1.54) is 18.5 Å². The predicted octanol–water partition coefficient (Wildman–Crippen LogP) is 2.71. The molecule has 3 nitrogen and oxygen atoms in total. The fraction of sp³-hybridized carbons (Fsp3) is 0.692. The van der Waals surface area contributed by atoms with Gasteiger partial charge in [0.25, 0.3) is 0 Å². The summed E-state index contributed by atoms with van der Waals surface area (Å²) in [6, 6.07) is 2.00. The SMILES string of the molecule is Cc1cc(C2CC2)nc(C(N)C(C)(C)C)n1. The Morgan fingerprint density at radius 3 is 2.44 bits per heavy atom. The highest BCUT2D eigenvalue weighted by Crippen LogP contribution is 2.39. The highest BCUT2D eigenvalue weighted by Gasteiger charge is 2.29. The van der Waals surface area contributed by atoms with E-state index >= 15 is 0 Å². The van der Waals surface area contributed by atoms with Gasteiger partial charge < -0.3 is 5.73 Å². The van der Waals surface area contributed by atoms with Crippen molar-refractivity contribution in [1.82, 2.24) is 9.97 Å². The van der Waals surface area contributed by atoms with Gasteiger partial charge in [-0.15, -0.1) is 0 Å². The van der Waals surface area contributed by atoms with Crippen LogP contribution in [0.2, 0.25) is 0 Å². The van der Waals surface area contributed by atoms with E-state index in [-0.39, 0.29) is 11.5 Å². The average Bonchev–Trinajstić information content (AvgIpc) is 2.97. The molecule has 1 atom stereocenters. The van der Waals surface area contributed by atoms with Gasteiger partial charge in [0.1, 0.15) is 5.82 Å². The largest absolute Gasteiger partial charge is 0.321 e. The number of aromatic nitrogens is 2. The number of hydrogen-bond donors (Lipinski definition) is 1. The van der Waals surface area contributed by atoms with E-state index in [0.717, 1.165) is 11.5 Å². The Bertz CT molecular complexity index is 389. The molecular formula is C13H21N3. The zero-order chi connectivity index (χ0) is 11.9. The molecule has 16 heavy (non-hydrogen) atoms. The molecule has 0 spiro atoms. The molecular weight excluding hydrogens is 198 g/mol. The number of hydrogen-bond acceptors (Lipinski definition) is 3. The van der Waals surface area contributed by atoms with E-state index in [2.05, 4.69) is 36.8 Å². The number of aryl methyl sites for hydroxylation is 1. The summed E-state index contributed by atoms with van der Waals surface area (Å²) in [7, 11) is 0. The predicted molar refractivity (Wildman–Crippen MR) is 65.1 cm³/mol. The van der Waals surface area contributed by atoms with Crippen molar-refractivity contribution in [3.05, 3.63) is 23.3 Å². The molecule has 1 heterocycles. The van der Waals surface area contributed by atoms with Crippen LogP contribution >= 0.6 is 0 Å². The fourth-order valence-corrected chi connectivity index (χ4v) is 1.73. The quantitative estimate of drug-likeness (QED) is 0.832. The van der Waals surface area contributed by atoms with Crippen LogP contribution in [-0.2, 0) is 0 Å². The van der Waals surface area contributed by atoms with Crippen LogP contribution in [0.4, 0.5) is 0 Å². The zero-order valence-electron chi connectivity index (χ0n) is 10.6. The molecule has 1 unspecified atom stereocenters. The summed E-state index contributed by atoms with van der Waals surface area (Å²) in [5, 5.41) is 0. The van der Waals surface area contributed by atoms with E-state index in [1.807, 2.05) is 6.92 Å². The van der Waals surface area contributed by atoms with Gasteiger partial charge in [-0.25, -0.2) is 9.97 Å². The van der Waals surface area contributed by atoms with Crippen LogP contribution in [0.1, 0.15) is 62.8 Å². The monoisotopic (exact) mass is 219 g/mol. The molecule has 1 aromatic rings. The maximum Gasteiger partial charge on any atom is 0.146 e. The highest BCUT2D eigenvalue weighted by molar-refractivity contribution is 5.19. The molecule has 3 heteroatoms. The summed E-state index contributed by atoms with van der Waals surface area (Å²) in [5.74, 6) is 1.46. The lowest BCUT2D eigenvalue weighted by Crippen LogP contribution is -2.28. The average molecular weight is 219 g/mol. The van der Waals surface area contributed by atoms with Crippen molar-refractivity contribution >= 4 is 0 Å². The van der Waals surface area contributed by atoms with Crippen molar-refractivity contribution in [2.45, 2.75) is 52.5 Å². The minimum Gasteiger partial charge on any atom is -0.321 e. The Morgan fingerprint density at radius 1 is 1.31 bits per heavy atom. The number of rotatable bonds is 2. The lowest BCUT2D eigenvalue weighted by atomic mass is 9.87. The zero-order valence-corrected chi connectivity index (χ0v) is 10.6. The maximum absolute atomic E-state index is 6.21. The Kier molecular flexibility index (Phi) is 2.74. The van der Waals surface area contributed by atoms with Gasteiger partial charge in [-0.05, 0) is 31.2 Å². The van der Waals surface area contributed by atoms with Crippen molar-refractivity contribution in [3.8, 4) is 0 Å². The van der Waals surface area contributed by atoms with Crippen molar-refractivity contribution in [2.75, 3.05) is 0 Å². The standard InChI is InChI=1S/C13H21N3/c1-8-7-10(9-5-6-9)16-12(15-8)11(14)13(2,3)4/h7,9,11H,5-6,14H2,1-4H3. The van der Waals surface area contributed by atoms with Crippen LogP contribution in [0.5, 0.6) is 0 Å². The summed E-state index contributed by atoms with van der Waals surface area (Å²) >= 11 is 0. The third kappa shape index (κ3) is 2.40. The molecule has 1 aliphatic carbocycles. The van der Waals surface area contributed by atoms with Crippen molar-refractivity contribution < 1.29 is 0 Å². The van der Waals surface area contributed by atoms with E-state index in [0.29, 0.717) is 5.92 Å². The first-order valence-electron chi connectivity index (χ1n) is 5.99. The third-order valence-electron chi connectivity index (χ3n) is 3.10. The summed E-state index contributed by atoms with van der Waals surface area (Å²) in [4.78, 5) is 9.10. The van der Waals surface area contributed by atoms with E-state index in [9.17, 15) is 0 Å². The molecule has 1 aliphatic rings. The first-order valence-corrected chi connectivity index (χ1v) is 5.99. The molecule has 1 saturated carbocycles. The number of nitrogens with zero attached hydrogens (tertiary/aromatic N) is 2. The second-order valence-corrected chi connectivity index (χ2v) is 5.91. The van der Waals surface area contributed by atoms with Gasteiger partial charge in [-0.2, -0.15) is 0 Å². The topological polar surface area (TPSA) is 51.8 Å². The third-order valence-corrected chi connectivity index (χ3v) is 3.10. The fourth-order valence-electron chi connectivity index (χ4n) is 1.73. The first-order chi connectivity index (χ1) is 7.38. The summed E-state index contributed by atoms with van der Waals surface area (Å²) < 4.78 is 0. The summed E-state index contributed by atoms with van der Waals surface area (Å²) in [6.45, 7) is 8.40. The van der Waals surface area contributed by atoms with Crippen LogP contribution in [0.3, 0.4) is 0 Å². The van der Waals surface area contributed by atoms with Crippen molar-refractivity contribution in [3.63, 3.8) is 0 Å². The van der Waals surface area contributed by atoms with Gasteiger partial charge in [-0.1, -0.05) is 20.8 Å². The van der Waals surface area contributed by atoms with Gasteiger partial charge >= 0.3 is 0 Å². The molecule has 0 amide bonds. The molecule has 0 aliphatic heterocycles. The maximum atomic E-state index is 6.21. The van der Waals surface area contributed by atoms with E-state index in [1.54, 1.807) is 0 Å². The molecule has 0 bridgehead atoms. The normalized spacial score (nSPS) is 18.6. The van der Waals surface area contributed by atoms with Crippen LogP contribution in [0, 0.1) is 12.3 Å². The van der Waals surface area contributed by atoms with E-state index in [4.69, 9.17) is 5.73 Å². The van der Waals surface area contributed by atoms with Gasteiger partial charge in [0.05, 0.1) is 6.04 Å². The highest BCUT2D eigenvalue weighted by atomic mass is 15.0. The second-order valence-electron chi connectivity index (χ2n) is 5.91. The van der Waals surface area contributed by atoms with Gasteiger partial charge in [0.2, 0.25) is 0 Å². The summed E-state index contributed by atoms with van der Waals surface area (Å²) in [6.07, 6.45) is 2.53. The van der Waals surface area contributed by atoms with Crippen LogP contribution in [-0.4, -0.2) is 9.97 Å². The molecule has 0 aromatic carbocycles. The molecule has 2 rings (SSSR count). The molecule has 0 radical (unpaired) electrons. The van der Waals surface area contributed by atoms with Crippen LogP contribution in [0.15, 0.2) is 6.07 Å². The molecule has 1 fully saturated rings. The Labute approximate surface area is 97.5 Å². The second kappa shape index (κ2) is 3.81. The van der Waals surface area contributed by atoms with Crippen LogP contribution < -0.4 is 5.73 Å². The van der Waals surface area contributed by atoms with Gasteiger partial charge in [-0.3, -0.25) is 0 Å². The van der Waals surface area contributed by atoms with Crippen LogP contribution in [0.25, 0.3) is 0 Å². The van der Waals surface area contributed by atoms with Gasteiger partial charge in [0.15, 0.2) is 0 Å². The number of nitrogens with two attached hydrogens (primary N) is 1. The minimum atomic E-state index is -0.0927. The molecule has 1 aromatic heterocycles. The van der Waals surface area contributed by atoms with Gasteiger partial charge in [0, 0.05) is 17.3 Å².